The lowest BCUT2D eigenvalue weighted by atomic mass is 9.82. The number of ether oxygens (including phenoxy) is 1. The second-order valence-electron chi connectivity index (χ2n) is 4.19. The summed E-state index contributed by atoms with van der Waals surface area (Å²) < 4.78 is 16.8. The van der Waals surface area contributed by atoms with Crippen molar-refractivity contribution in [2.45, 2.75) is 19.3 Å². The third kappa shape index (κ3) is 1.82. The SMILES string of the molecule is N=C(F)OCC12CCCN(CC1)C2. The van der Waals surface area contributed by atoms with Crippen LogP contribution in [-0.4, -0.2) is 37.3 Å². The molecule has 0 amide bonds. The first-order valence-corrected chi connectivity index (χ1v) is 4.79. The normalized spacial score (nSPS) is 37.5. The van der Waals surface area contributed by atoms with E-state index in [4.69, 9.17) is 10.1 Å². The lowest BCUT2D eigenvalue weighted by molar-refractivity contribution is 0.0899. The highest BCUT2D eigenvalue weighted by molar-refractivity contribution is 5.60. The summed E-state index contributed by atoms with van der Waals surface area (Å²) in [7, 11) is 0. The minimum absolute atomic E-state index is 0.149. The molecule has 74 valence electrons. The molecule has 0 spiro atoms. The third-order valence-electron chi connectivity index (χ3n) is 3.20. The summed E-state index contributed by atoms with van der Waals surface area (Å²) in [5.74, 6) is 0. The number of nitrogens with one attached hydrogen (secondary N) is 1. The first-order chi connectivity index (χ1) is 6.20. The molecule has 2 aliphatic heterocycles. The van der Waals surface area contributed by atoms with Crippen molar-refractivity contribution in [1.82, 2.24) is 4.90 Å². The summed E-state index contributed by atoms with van der Waals surface area (Å²) in [5, 5.41) is 6.59. The van der Waals surface area contributed by atoms with Gasteiger partial charge in [-0.1, -0.05) is 0 Å². The maximum absolute atomic E-state index is 12.1. The van der Waals surface area contributed by atoms with E-state index in [9.17, 15) is 4.39 Å². The summed E-state index contributed by atoms with van der Waals surface area (Å²) in [6, 6.07) is 0. The van der Waals surface area contributed by atoms with E-state index < -0.39 is 6.15 Å². The number of nitrogens with zero attached hydrogens (tertiary/aromatic N) is 1. The minimum Gasteiger partial charge on any atom is -0.456 e. The van der Waals surface area contributed by atoms with Gasteiger partial charge in [0.25, 0.3) is 0 Å². The fourth-order valence-electron chi connectivity index (χ4n) is 2.51. The lowest BCUT2D eigenvalue weighted by Gasteiger charge is -2.32. The number of fused-ring (bicyclic) bond motifs is 2. The zero-order valence-electron chi connectivity index (χ0n) is 7.68. The van der Waals surface area contributed by atoms with Crippen LogP contribution in [-0.2, 0) is 4.74 Å². The van der Waals surface area contributed by atoms with Crippen LogP contribution in [0.1, 0.15) is 19.3 Å². The predicted molar refractivity (Wildman–Crippen MR) is 47.5 cm³/mol. The molecule has 2 aliphatic rings. The van der Waals surface area contributed by atoms with Crippen LogP contribution < -0.4 is 0 Å². The molecule has 0 aromatic heterocycles. The van der Waals surface area contributed by atoms with E-state index >= 15 is 0 Å². The smallest absolute Gasteiger partial charge is 0.368 e. The van der Waals surface area contributed by atoms with Crippen LogP contribution in [0.3, 0.4) is 0 Å². The molecule has 0 aromatic carbocycles. The van der Waals surface area contributed by atoms with Crippen LogP contribution >= 0.6 is 0 Å². The summed E-state index contributed by atoms with van der Waals surface area (Å²) in [6.45, 7) is 3.71. The Bertz CT molecular complexity index is 218. The van der Waals surface area contributed by atoms with Gasteiger partial charge in [-0.15, -0.1) is 4.39 Å². The average Bonchev–Trinajstić information content (AvgIpc) is 2.40. The predicted octanol–water partition coefficient (Wildman–Crippen LogP) is 1.39. The van der Waals surface area contributed by atoms with Crippen molar-refractivity contribution in [3.63, 3.8) is 0 Å². The summed E-state index contributed by atoms with van der Waals surface area (Å²) in [5.41, 5.74) is 0.149. The van der Waals surface area contributed by atoms with Crippen molar-refractivity contribution < 1.29 is 9.13 Å². The molecule has 2 saturated heterocycles. The maximum Gasteiger partial charge on any atom is 0.368 e. The number of halogens is 1. The van der Waals surface area contributed by atoms with Crippen molar-refractivity contribution in [1.29, 1.82) is 5.41 Å². The Hall–Kier alpha value is -0.640. The Morgan fingerprint density at radius 3 is 3.08 bits per heavy atom. The summed E-state index contributed by atoms with van der Waals surface area (Å²) in [6.07, 6.45) is 2.26. The van der Waals surface area contributed by atoms with Gasteiger partial charge in [0, 0.05) is 12.0 Å². The summed E-state index contributed by atoms with van der Waals surface area (Å²) >= 11 is 0. The number of hydrogen-bond donors (Lipinski definition) is 1. The largest absolute Gasteiger partial charge is 0.456 e. The molecule has 0 aliphatic carbocycles. The van der Waals surface area contributed by atoms with Crippen LogP contribution in [0.15, 0.2) is 0 Å². The molecule has 2 unspecified atom stereocenters. The molecule has 1 N–H and O–H groups in total. The lowest BCUT2D eigenvalue weighted by Crippen LogP contribution is -2.37. The molecule has 2 bridgehead atoms. The number of piperidine rings is 1. The zero-order valence-corrected chi connectivity index (χ0v) is 7.68. The molecular formula is C9H15FN2O. The Labute approximate surface area is 77.4 Å². The van der Waals surface area contributed by atoms with Crippen molar-refractivity contribution in [2.75, 3.05) is 26.2 Å². The van der Waals surface area contributed by atoms with E-state index in [1.165, 1.54) is 13.0 Å². The number of hydrogen-bond acceptors (Lipinski definition) is 3. The van der Waals surface area contributed by atoms with Gasteiger partial charge in [-0.3, -0.25) is 0 Å². The second kappa shape index (κ2) is 3.25. The van der Waals surface area contributed by atoms with Gasteiger partial charge in [-0.05, 0) is 32.4 Å². The van der Waals surface area contributed by atoms with Gasteiger partial charge < -0.3 is 9.64 Å². The van der Waals surface area contributed by atoms with E-state index in [1.54, 1.807) is 0 Å². The maximum atomic E-state index is 12.1. The van der Waals surface area contributed by atoms with E-state index in [-0.39, 0.29) is 5.41 Å². The molecule has 0 radical (unpaired) electrons. The minimum atomic E-state index is -1.14. The standard InChI is InChI=1S/C9H15FN2O/c10-8(11)13-7-9-2-1-4-12(6-9)5-3-9/h11H,1-7H2. The quantitative estimate of drug-likeness (QED) is 0.522. The molecular weight excluding hydrogens is 171 g/mol. The van der Waals surface area contributed by atoms with E-state index in [0.29, 0.717) is 6.61 Å². The Kier molecular flexibility index (Phi) is 2.24. The number of rotatable bonds is 2. The first-order valence-electron chi connectivity index (χ1n) is 4.79. The van der Waals surface area contributed by atoms with Gasteiger partial charge in [0.15, 0.2) is 0 Å². The molecule has 2 fully saturated rings. The second-order valence-corrected chi connectivity index (χ2v) is 4.19. The molecule has 2 atom stereocenters. The van der Waals surface area contributed by atoms with Crippen LogP contribution in [0, 0.1) is 10.8 Å². The van der Waals surface area contributed by atoms with Crippen molar-refractivity contribution in [3.8, 4) is 0 Å². The molecule has 13 heavy (non-hydrogen) atoms. The van der Waals surface area contributed by atoms with Gasteiger partial charge in [-0.25, -0.2) is 5.41 Å². The van der Waals surface area contributed by atoms with Crippen molar-refractivity contribution in [3.05, 3.63) is 0 Å². The third-order valence-corrected chi connectivity index (χ3v) is 3.20. The topological polar surface area (TPSA) is 36.3 Å². The highest BCUT2D eigenvalue weighted by atomic mass is 19.1. The fraction of sp³-hybridized carbons (Fsp3) is 0.889. The van der Waals surface area contributed by atoms with Gasteiger partial charge in [0.2, 0.25) is 0 Å². The van der Waals surface area contributed by atoms with Gasteiger partial charge >= 0.3 is 6.15 Å². The molecule has 2 heterocycles. The molecule has 0 saturated carbocycles. The molecule has 2 rings (SSSR count). The van der Waals surface area contributed by atoms with Crippen LogP contribution in [0.5, 0.6) is 0 Å². The Morgan fingerprint density at radius 1 is 1.46 bits per heavy atom. The Balaban J connectivity index is 1.92. The fourth-order valence-corrected chi connectivity index (χ4v) is 2.51. The first kappa shape index (κ1) is 8.94. The van der Waals surface area contributed by atoms with Gasteiger partial charge in [0.1, 0.15) is 0 Å². The zero-order chi connectivity index (χ0) is 9.31. The van der Waals surface area contributed by atoms with Gasteiger partial charge in [-0.2, -0.15) is 0 Å². The van der Waals surface area contributed by atoms with Crippen molar-refractivity contribution in [2.24, 2.45) is 5.41 Å². The summed E-state index contributed by atoms with van der Waals surface area (Å²) in [4.78, 5) is 2.40. The molecule has 4 heteroatoms. The van der Waals surface area contributed by atoms with Crippen LogP contribution in [0.25, 0.3) is 0 Å². The van der Waals surface area contributed by atoms with Crippen molar-refractivity contribution >= 4 is 6.15 Å². The highest BCUT2D eigenvalue weighted by Crippen LogP contribution is 2.39. The monoisotopic (exact) mass is 186 g/mol. The Morgan fingerprint density at radius 2 is 2.31 bits per heavy atom. The molecule has 3 nitrogen and oxygen atoms in total. The highest BCUT2D eigenvalue weighted by Gasteiger charge is 2.41. The van der Waals surface area contributed by atoms with Gasteiger partial charge in [0.05, 0.1) is 6.61 Å². The van der Waals surface area contributed by atoms with E-state index in [2.05, 4.69) is 4.90 Å². The van der Waals surface area contributed by atoms with Crippen LogP contribution in [0.4, 0.5) is 4.39 Å². The van der Waals surface area contributed by atoms with E-state index in [0.717, 1.165) is 25.9 Å². The van der Waals surface area contributed by atoms with E-state index in [1.807, 2.05) is 0 Å². The molecule has 0 aromatic rings. The average molecular weight is 186 g/mol. The van der Waals surface area contributed by atoms with Crippen LogP contribution in [0.2, 0.25) is 0 Å².